The number of thiocarbonyl (C=S) groups is 1. The molecule has 1 aromatic carbocycles. The van der Waals surface area contributed by atoms with Gasteiger partial charge < -0.3 is 5.32 Å². The predicted octanol–water partition coefficient (Wildman–Crippen LogP) is 5.38. The zero-order chi connectivity index (χ0) is 19.0. The second-order valence-corrected chi connectivity index (χ2v) is 8.28. The molecule has 4 nitrogen and oxygen atoms in total. The molecule has 0 amide bonds. The smallest absolute Gasteiger partial charge is 0.195 e. The normalized spacial score (nSPS) is 13.7. The molecule has 1 aliphatic rings. The summed E-state index contributed by atoms with van der Waals surface area (Å²) < 4.78 is 0. The minimum absolute atomic E-state index is 0.551. The number of fused-ring (bicyclic) bond motifs is 1. The summed E-state index contributed by atoms with van der Waals surface area (Å²) in [6.45, 7) is 4.77. The van der Waals surface area contributed by atoms with Crippen molar-refractivity contribution >= 4 is 51.0 Å². The Morgan fingerprint density at radius 3 is 2.63 bits per heavy atom. The number of hydrazone groups is 1. The lowest BCUT2D eigenvalue weighted by molar-refractivity contribution is 0.447. The highest BCUT2D eigenvalue weighted by Gasteiger charge is 2.27. The number of aryl methyl sites for hydroxylation is 1. The molecule has 3 heterocycles. The quantitative estimate of drug-likeness (QED) is 0.586. The monoisotopic (exact) mass is 412 g/mol. The lowest BCUT2D eigenvalue weighted by atomic mass is 10.00. The van der Waals surface area contributed by atoms with Crippen LogP contribution in [0.3, 0.4) is 0 Å². The van der Waals surface area contributed by atoms with Gasteiger partial charge in [0.15, 0.2) is 5.11 Å². The van der Waals surface area contributed by atoms with Crippen molar-refractivity contribution in [3.8, 4) is 0 Å². The number of pyridine rings is 1. The van der Waals surface area contributed by atoms with Crippen molar-refractivity contribution in [2.45, 2.75) is 20.4 Å². The topological polar surface area (TPSA) is 40.5 Å². The van der Waals surface area contributed by atoms with E-state index in [1.165, 1.54) is 10.4 Å². The summed E-state index contributed by atoms with van der Waals surface area (Å²) in [4.78, 5) is 5.31. The van der Waals surface area contributed by atoms with E-state index in [-0.39, 0.29) is 0 Å². The lowest BCUT2D eigenvalue weighted by Crippen LogP contribution is -2.29. The van der Waals surface area contributed by atoms with Crippen LogP contribution in [0.1, 0.15) is 27.1 Å². The molecule has 27 heavy (non-hydrogen) atoms. The summed E-state index contributed by atoms with van der Waals surface area (Å²) in [6.07, 6.45) is 3.54. The van der Waals surface area contributed by atoms with Crippen LogP contribution < -0.4 is 5.32 Å². The van der Waals surface area contributed by atoms with Gasteiger partial charge in [-0.25, -0.2) is 5.01 Å². The Balaban J connectivity index is 1.88. The van der Waals surface area contributed by atoms with Gasteiger partial charge in [0.05, 0.1) is 11.6 Å². The van der Waals surface area contributed by atoms with Crippen LogP contribution in [-0.2, 0) is 6.54 Å². The average molecular weight is 413 g/mol. The molecule has 3 aromatic rings. The number of hydrogen-bond donors (Lipinski definition) is 1. The number of nitrogens with zero attached hydrogens (tertiary/aromatic N) is 3. The first kappa shape index (κ1) is 18.1. The van der Waals surface area contributed by atoms with E-state index in [1.54, 1.807) is 23.7 Å². The Morgan fingerprint density at radius 1 is 1.15 bits per heavy atom. The summed E-state index contributed by atoms with van der Waals surface area (Å²) in [5.74, 6) is 0. The fourth-order valence-corrected chi connectivity index (χ4v) is 4.55. The number of benzene rings is 1. The molecule has 0 spiro atoms. The number of hydrogen-bond acceptors (Lipinski definition) is 4. The zero-order valence-corrected chi connectivity index (χ0v) is 17.3. The van der Waals surface area contributed by atoms with Crippen LogP contribution >= 0.6 is 35.2 Å². The summed E-state index contributed by atoms with van der Waals surface area (Å²) in [7, 11) is 0. The summed E-state index contributed by atoms with van der Waals surface area (Å²) in [5.41, 5.74) is 5.06. The third-order valence-electron chi connectivity index (χ3n) is 4.51. The van der Waals surface area contributed by atoms with Gasteiger partial charge in [0.1, 0.15) is 10.7 Å². The summed E-state index contributed by atoms with van der Waals surface area (Å²) in [6, 6.07) is 11.7. The van der Waals surface area contributed by atoms with Crippen molar-refractivity contribution in [3.05, 3.63) is 80.9 Å². The number of anilines is 1. The second kappa shape index (κ2) is 7.38. The molecule has 7 heteroatoms. The average Bonchev–Trinajstić information content (AvgIpc) is 2.86. The van der Waals surface area contributed by atoms with E-state index in [0.717, 1.165) is 27.4 Å². The molecule has 0 unspecified atom stereocenters. The van der Waals surface area contributed by atoms with Crippen molar-refractivity contribution in [2.75, 3.05) is 5.32 Å². The van der Waals surface area contributed by atoms with E-state index in [1.807, 2.05) is 41.4 Å². The minimum Gasteiger partial charge on any atom is -0.322 e. The second-order valence-electron chi connectivity index (χ2n) is 6.26. The summed E-state index contributed by atoms with van der Waals surface area (Å²) in [5, 5.41) is 12.4. The zero-order valence-electron chi connectivity index (χ0n) is 14.9. The van der Waals surface area contributed by atoms with E-state index in [0.29, 0.717) is 16.7 Å². The van der Waals surface area contributed by atoms with Gasteiger partial charge in [0.25, 0.3) is 0 Å². The number of rotatable bonds is 3. The van der Waals surface area contributed by atoms with E-state index >= 15 is 0 Å². The molecular formula is C20H17ClN4S2. The van der Waals surface area contributed by atoms with Crippen molar-refractivity contribution < 1.29 is 0 Å². The maximum Gasteiger partial charge on any atom is 0.195 e. The molecule has 0 bridgehead atoms. The maximum atomic E-state index is 6.52. The van der Waals surface area contributed by atoms with E-state index in [2.05, 4.69) is 24.1 Å². The third kappa shape index (κ3) is 3.48. The van der Waals surface area contributed by atoms with Gasteiger partial charge in [-0.2, -0.15) is 5.10 Å². The molecule has 0 saturated heterocycles. The molecule has 0 radical (unpaired) electrons. The molecule has 2 aromatic heterocycles. The van der Waals surface area contributed by atoms with Gasteiger partial charge in [-0.3, -0.25) is 4.98 Å². The number of aromatic nitrogens is 1. The number of halogens is 1. The van der Waals surface area contributed by atoms with E-state index in [4.69, 9.17) is 28.9 Å². The van der Waals surface area contributed by atoms with Gasteiger partial charge in [-0.1, -0.05) is 29.8 Å². The summed E-state index contributed by atoms with van der Waals surface area (Å²) >= 11 is 13.9. The standard InChI is InChI=1S/C20H17ClN4S2/c1-12-13(2)27-19-17(12)18(15-5-3-4-6-16(15)21)24-25(20(26)23-19)11-14-7-9-22-10-8-14/h3-10H,11H2,1-2H3,(H,23,26). The van der Waals surface area contributed by atoms with Crippen LogP contribution in [-0.4, -0.2) is 20.8 Å². The number of nitrogens with one attached hydrogen (secondary N) is 1. The van der Waals surface area contributed by atoms with E-state index in [9.17, 15) is 0 Å². The molecule has 136 valence electrons. The van der Waals surface area contributed by atoms with E-state index < -0.39 is 0 Å². The Hall–Kier alpha value is -2.28. The molecule has 0 aliphatic carbocycles. The van der Waals surface area contributed by atoms with Crippen molar-refractivity contribution in [1.82, 2.24) is 9.99 Å². The molecule has 4 rings (SSSR count). The fraction of sp³-hybridized carbons (Fsp3) is 0.150. The highest BCUT2D eigenvalue weighted by Crippen LogP contribution is 2.37. The Bertz CT molecular complexity index is 1040. The highest BCUT2D eigenvalue weighted by atomic mass is 35.5. The van der Waals surface area contributed by atoms with Gasteiger partial charge in [0, 0.05) is 28.4 Å². The molecule has 1 N–H and O–H groups in total. The number of thiophene rings is 1. The van der Waals surface area contributed by atoms with Gasteiger partial charge >= 0.3 is 0 Å². The Labute approximate surface area is 172 Å². The maximum absolute atomic E-state index is 6.52. The van der Waals surface area contributed by atoms with Gasteiger partial charge in [0.2, 0.25) is 0 Å². The van der Waals surface area contributed by atoms with Crippen LogP contribution in [0, 0.1) is 13.8 Å². The first-order chi connectivity index (χ1) is 13.0. The molecule has 0 atom stereocenters. The fourth-order valence-electron chi connectivity index (χ4n) is 2.99. The largest absolute Gasteiger partial charge is 0.322 e. The Kier molecular flexibility index (Phi) is 4.95. The predicted molar refractivity (Wildman–Crippen MR) is 117 cm³/mol. The van der Waals surface area contributed by atoms with Gasteiger partial charge in [-0.05, 0) is 55.4 Å². The van der Waals surface area contributed by atoms with Crippen LogP contribution in [0.5, 0.6) is 0 Å². The van der Waals surface area contributed by atoms with Crippen LogP contribution in [0.15, 0.2) is 53.9 Å². The van der Waals surface area contributed by atoms with Crippen molar-refractivity contribution in [1.29, 1.82) is 0 Å². The SMILES string of the molecule is Cc1sc2c(c1C)C(c1ccccc1Cl)=NN(Cc1ccncc1)C(=S)N2. The van der Waals surface area contributed by atoms with Crippen LogP contribution in [0.25, 0.3) is 0 Å². The lowest BCUT2D eigenvalue weighted by Gasteiger charge is -2.19. The van der Waals surface area contributed by atoms with Crippen molar-refractivity contribution in [3.63, 3.8) is 0 Å². The molecular weight excluding hydrogens is 396 g/mol. The molecule has 0 saturated carbocycles. The van der Waals surface area contributed by atoms with Crippen molar-refractivity contribution in [2.24, 2.45) is 5.10 Å². The third-order valence-corrected chi connectivity index (χ3v) is 6.27. The first-order valence-electron chi connectivity index (χ1n) is 8.46. The Morgan fingerprint density at radius 2 is 1.89 bits per heavy atom. The highest BCUT2D eigenvalue weighted by molar-refractivity contribution is 7.80. The minimum atomic E-state index is 0.551. The van der Waals surface area contributed by atoms with Crippen LogP contribution in [0.4, 0.5) is 5.00 Å². The van der Waals surface area contributed by atoms with Gasteiger partial charge in [-0.15, -0.1) is 11.3 Å². The molecule has 0 fully saturated rings. The molecule has 1 aliphatic heterocycles. The van der Waals surface area contributed by atoms with Crippen LogP contribution in [0.2, 0.25) is 5.02 Å². The first-order valence-corrected chi connectivity index (χ1v) is 10.1.